The van der Waals surface area contributed by atoms with Crippen molar-refractivity contribution in [3.05, 3.63) is 47.8 Å². The molecule has 6 nitrogen and oxygen atoms in total. The van der Waals surface area contributed by atoms with E-state index in [1.807, 2.05) is 4.90 Å². The normalized spacial score (nSPS) is 15.5. The quantitative estimate of drug-likeness (QED) is 0.837. The van der Waals surface area contributed by atoms with E-state index in [4.69, 9.17) is 0 Å². The molecule has 0 spiro atoms. The highest BCUT2D eigenvalue weighted by atomic mass is 19.4. The molecule has 0 saturated carbocycles. The Morgan fingerprint density at radius 2 is 1.75 bits per heavy atom. The van der Waals surface area contributed by atoms with Crippen LogP contribution in [0.4, 0.5) is 19.1 Å². The number of piperazine rings is 1. The Hall–Kier alpha value is -2.71. The highest BCUT2D eigenvalue weighted by Gasteiger charge is 2.36. The maximum atomic E-state index is 13.1. The van der Waals surface area contributed by atoms with Crippen LogP contribution < -0.4 is 4.90 Å². The zero-order chi connectivity index (χ0) is 17.2. The summed E-state index contributed by atoms with van der Waals surface area (Å²) in [5, 5.41) is 7.63. The first-order valence-corrected chi connectivity index (χ1v) is 7.31. The van der Waals surface area contributed by atoms with Gasteiger partial charge in [-0.15, -0.1) is 5.10 Å². The SMILES string of the molecule is O=C(c1ccccc1C(F)(F)F)N1CCN(c2nccnn2)CC1. The van der Waals surface area contributed by atoms with E-state index in [0.717, 1.165) is 6.07 Å². The Kier molecular flexibility index (Phi) is 4.32. The van der Waals surface area contributed by atoms with Crippen molar-refractivity contribution in [2.75, 3.05) is 31.1 Å². The summed E-state index contributed by atoms with van der Waals surface area (Å²) in [5.41, 5.74) is -1.23. The number of halogens is 3. The van der Waals surface area contributed by atoms with Crippen LogP contribution in [0, 0.1) is 0 Å². The Bertz CT molecular complexity index is 715. The molecule has 0 radical (unpaired) electrons. The summed E-state index contributed by atoms with van der Waals surface area (Å²) >= 11 is 0. The highest BCUT2D eigenvalue weighted by Crippen LogP contribution is 2.32. The van der Waals surface area contributed by atoms with Crippen molar-refractivity contribution in [1.29, 1.82) is 0 Å². The molecule has 1 aromatic carbocycles. The average molecular weight is 337 g/mol. The number of hydrogen-bond acceptors (Lipinski definition) is 5. The third-order valence-electron chi connectivity index (χ3n) is 3.78. The van der Waals surface area contributed by atoms with Crippen LogP contribution in [0.1, 0.15) is 15.9 Å². The predicted molar refractivity (Wildman–Crippen MR) is 79.4 cm³/mol. The second-order valence-corrected chi connectivity index (χ2v) is 5.27. The molecule has 1 aromatic heterocycles. The van der Waals surface area contributed by atoms with E-state index in [9.17, 15) is 18.0 Å². The van der Waals surface area contributed by atoms with Crippen LogP contribution in [0.3, 0.4) is 0 Å². The van der Waals surface area contributed by atoms with Crippen LogP contribution in [-0.4, -0.2) is 52.2 Å². The van der Waals surface area contributed by atoms with E-state index in [-0.39, 0.29) is 5.56 Å². The fraction of sp³-hybridized carbons (Fsp3) is 0.333. The number of rotatable bonds is 2. The van der Waals surface area contributed by atoms with E-state index in [0.29, 0.717) is 32.1 Å². The summed E-state index contributed by atoms with van der Waals surface area (Å²) in [7, 11) is 0. The molecule has 24 heavy (non-hydrogen) atoms. The highest BCUT2D eigenvalue weighted by molar-refractivity contribution is 5.96. The lowest BCUT2D eigenvalue weighted by atomic mass is 10.1. The zero-order valence-corrected chi connectivity index (χ0v) is 12.6. The van der Waals surface area contributed by atoms with Crippen LogP contribution in [0.25, 0.3) is 0 Å². The fourth-order valence-electron chi connectivity index (χ4n) is 2.58. The smallest absolute Gasteiger partial charge is 0.336 e. The molecule has 126 valence electrons. The van der Waals surface area contributed by atoms with Gasteiger partial charge in [0.2, 0.25) is 5.95 Å². The summed E-state index contributed by atoms with van der Waals surface area (Å²) in [5.74, 6) is -0.171. The Morgan fingerprint density at radius 1 is 1.04 bits per heavy atom. The minimum absolute atomic E-state index is 0.295. The summed E-state index contributed by atoms with van der Waals surface area (Å²) < 4.78 is 39.2. The molecule has 9 heteroatoms. The predicted octanol–water partition coefficient (Wildman–Crippen LogP) is 1.85. The van der Waals surface area contributed by atoms with Gasteiger partial charge in [0.1, 0.15) is 0 Å². The molecule has 2 heterocycles. The number of aromatic nitrogens is 3. The Labute approximate surface area is 135 Å². The first-order valence-electron chi connectivity index (χ1n) is 7.31. The summed E-state index contributed by atoms with van der Waals surface area (Å²) in [6, 6.07) is 4.84. The molecule has 1 aliphatic heterocycles. The van der Waals surface area contributed by atoms with E-state index in [1.54, 1.807) is 0 Å². The molecule has 0 N–H and O–H groups in total. The molecule has 0 atom stereocenters. The number of nitrogens with zero attached hydrogens (tertiary/aromatic N) is 5. The van der Waals surface area contributed by atoms with Crippen molar-refractivity contribution in [3.63, 3.8) is 0 Å². The molecule has 0 aliphatic carbocycles. The van der Waals surface area contributed by atoms with Crippen molar-refractivity contribution in [2.24, 2.45) is 0 Å². The van der Waals surface area contributed by atoms with Gasteiger partial charge in [-0.25, -0.2) is 4.98 Å². The maximum absolute atomic E-state index is 13.1. The maximum Gasteiger partial charge on any atom is 0.417 e. The number of carbonyl (C=O) groups excluding carboxylic acids is 1. The minimum Gasteiger partial charge on any atom is -0.336 e. The van der Waals surface area contributed by atoms with Gasteiger partial charge in [0, 0.05) is 26.2 Å². The van der Waals surface area contributed by atoms with Crippen molar-refractivity contribution in [3.8, 4) is 0 Å². The van der Waals surface area contributed by atoms with Crippen LogP contribution in [0.15, 0.2) is 36.7 Å². The largest absolute Gasteiger partial charge is 0.417 e. The Balaban J connectivity index is 1.72. The zero-order valence-electron chi connectivity index (χ0n) is 12.6. The number of alkyl halides is 3. The second kappa shape index (κ2) is 6.42. The van der Waals surface area contributed by atoms with Gasteiger partial charge in [0.05, 0.1) is 23.5 Å². The Morgan fingerprint density at radius 3 is 2.38 bits per heavy atom. The van der Waals surface area contributed by atoms with Crippen molar-refractivity contribution in [2.45, 2.75) is 6.18 Å². The van der Waals surface area contributed by atoms with E-state index in [1.165, 1.54) is 35.5 Å². The number of benzene rings is 1. The lowest BCUT2D eigenvalue weighted by Crippen LogP contribution is -2.49. The molecule has 1 fully saturated rings. The molecule has 0 bridgehead atoms. The number of anilines is 1. The third kappa shape index (κ3) is 3.29. The number of hydrogen-bond donors (Lipinski definition) is 0. The van der Waals surface area contributed by atoms with Gasteiger partial charge < -0.3 is 9.80 Å². The molecule has 1 amide bonds. The molecule has 0 unspecified atom stereocenters. The van der Waals surface area contributed by atoms with E-state index >= 15 is 0 Å². The van der Waals surface area contributed by atoms with Gasteiger partial charge in [-0.3, -0.25) is 4.79 Å². The van der Waals surface area contributed by atoms with Gasteiger partial charge in [-0.1, -0.05) is 12.1 Å². The van der Waals surface area contributed by atoms with Crippen LogP contribution in [-0.2, 0) is 6.18 Å². The lowest BCUT2D eigenvalue weighted by Gasteiger charge is -2.34. The summed E-state index contributed by atoms with van der Waals surface area (Å²) in [6.07, 6.45) is -1.59. The number of amides is 1. The van der Waals surface area contributed by atoms with E-state index in [2.05, 4.69) is 15.2 Å². The van der Waals surface area contributed by atoms with Crippen molar-refractivity contribution in [1.82, 2.24) is 20.1 Å². The van der Waals surface area contributed by atoms with Gasteiger partial charge in [-0.2, -0.15) is 18.3 Å². The van der Waals surface area contributed by atoms with Crippen LogP contribution >= 0.6 is 0 Å². The van der Waals surface area contributed by atoms with Crippen molar-refractivity contribution < 1.29 is 18.0 Å². The first kappa shape index (κ1) is 16.2. The average Bonchev–Trinajstić information content (AvgIpc) is 2.61. The van der Waals surface area contributed by atoms with Crippen LogP contribution in [0.2, 0.25) is 0 Å². The van der Waals surface area contributed by atoms with Gasteiger partial charge >= 0.3 is 6.18 Å². The summed E-state index contributed by atoms with van der Waals surface area (Å²) in [6.45, 7) is 1.46. The number of carbonyl (C=O) groups is 1. The second-order valence-electron chi connectivity index (χ2n) is 5.27. The monoisotopic (exact) mass is 337 g/mol. The fourth-order valence-corrected chi connectivity index (χ4v) is 2.58. The topological polar surface area (TPSA) is 62.2 Å². The standard InChI is InChI=1S/C15H14F3N5O/c16-15(17,18)12-4-2-1-3-11(12)13(24)22-7-9-23(10-8-22)14-19-5-6-20-21-14/h1-6H,7-10H2. The van der Waals surface area contributed by atoms with Gasteiger partial charge in [-0.05, 0) is 12.1 Å². The van der Waals surface area contributed by atoms with E-state index < -0.39 is 17.6 Å². The lowest BCUT2D eigenvalue weighted by molar-refractivity contribution is -0.138. The van der Waals surface area contributed by atoms with Crippen LogP contribution in [0.5, 0.6) is 0 Å². The molecular formula is C15H14F3N5O. The van der Waals surface area contributed by atoms with Crippen molar-refractivity contribution >= 4 is 11.9 Å². The van der Waals surface area contributed by atoms with Gasteiger partial charge in [0.15, 0.2) is 0 Å². The van der Waals surface area contributed by atoms with Gasteiger partial charge in [0.25, 0.3) is 5.91 Å². The summed E-state index contributed by atoms with van der Waals surface area (Å²) in [4.78, 5) is 19.8. The molecule has 1 aliphatic rings. The minimum atomic E-state index is -4.56. The first-order chi connectivity index (χ1) is 11.5. The molecule has 2 aromatic rings. The third-order valence-corrected chi connectivity index (χ3v) is 3.78. The molecule has 1 saturated heterocycles. The molecule has 3 rings (SSSR count). The molecular weight excluding hydrogens is 323 g/mol.